The highest BCUT2D eigenvalue weighted by Gasteiger charge is 2.08. The molecule has 2 N–H and O–H groups in total. The van der Waals surface area contributed by atoms with E-state index >= 15 is 0 Å². The first-order chi connectivity index (χ1) is 8.69. The molecule has 0 unspecified atom stereocenters. The summed E-state index contributed by atoms with van der Waals surface area (Å²) < 4.78 is 5.12. The molecule has 0 saturated carbocycles. The smallest absolute Gasteiger partial charge is 0.371 e. The second kappa shape index (κ2) is 5.40. The Morgan fingerprint density at radius 2 is 1.94 bits per heavy atom. The molecule has 0 aliphatic rings. The van der Waals surface area contributed by atoms with Crippen molar-refractivity contribution in [2.45, 2.75) is 19.8 Å². The van der Waals surface area contributed by atoms with Crippen LogP contribution in [0.15, 0.2) is 40.8 Å². The Bertz CT molecular complexity index is 528. The fraction of sp³-hybridized carbons (Fsp3) is 0.214. The van der Waals surface area contributed by atoms with Crippen molar-refractivity contribution in [2.24, 2.45) is 0 Å². The molecule has 94 valence electrons. The van der Waals surface area contributed by atoms with Gasteiger partial charge < -0.3 is 14.8 Å². The number of nitrogens with one attached hydrogen (secondary N) is 1. The summed E-state index contributed by atoms with van der Waals surface area (Å²) in [5, 5.41) is 11.8. The first-order valence-corrected chi connectivity index (χ1v) is 5.88. The third-order valence-corrected chi connectivity index (χ3v) is 2.58. The van der Waals surface area contributed by atoms with E-state index in [0.29, 0.717) is 5.88 Å². The van der Waals surface area contributed by atoms with Crippen LogP contribution in [0.5, 0.6) is 0 Å². The summed E-state index contributed by atoms with van der Waals surface area (Å²) in [6.07, 6.45) is 2.18. The average molecular weight is 245 g/mol. The Kier molecular flexibility index (Phi) is 3.67. The first-order valence-electron chi connectivity index (χ1n) is 5.88. The van der Waals surface area contributed by atoms with Crippen LogP contribution in [0.1, 0.15) is 29.5 Å². The summed E-state index contributed by atoms with van der Waals surface area (Å²) in [5.74, 6) is -0.711. The maximum absolute atomic E-state index is 10.7. The van der Waals surface area contributed by atoms with Crippen molar-refractivity contribution in [2.75, 3.05) is 5.32 Å². The summed E-state index contributed by atoms with van der Waals surface area (Å²) in [7, 11) is 0. The Balaban J connectivity index is 2.06. The van der Waals surface area contributed by atoms with Gasteiger partial charge in [-0.15, -0.1) is 0 Å². The summed E-state index contributed by atoms with van der Waals surface area (Å²) >= 11 is 0. The highest BCUT2D eigenvalue weighted by molar-refractivity contribution is 5.85. The molecule has 1 aromatic carbocycles. The van der Waals surface area contributed by atoms with E-state index in [1.807, 2.05) is 24.3 Å². The van der Waals surface area contributed by atoms with E-state index in [9.17, 15) is 4.79 Å². The minimum absolute atomic E-state index is 0.0693. The molecule has 4 nitrogen and oxygen atoms in total. The van der Waals surface area contributed by atoms with Crippen molar-refractivity contribution in [3.8, 4) is 0 Å². The van der Waals surface area contributed by atoms with Crippen LogP contribution in [-0.2, 0) is 6.42 Å². The van der Waals surface area contributed by atoms with Crippen molar-refractivity contribution in [1.29, 1.82) is 0 Å². The lowest BCUT2D eigenvalue weighted by atomic mass is 10.1. The molecule has 2 rings (SSSR count). The zero-order valence-corrected chi connectivity index (χ0v) is 10.1. The molecule has 0 amide bonds. The highest BCUT2D eigenvalue weighted by atomic mass is 16.4. The molecule has 0 radical (unpaired) electrons. The van der Waals surface area contributed by atoms with E-state index in [1.165, 1.54) is 11.6 Å². The van der Waals surface area contributed by atoms with Gasteiger partial charge in [0.2, 0.25) is 5.76 Å². The average Bonchev–Trinajstić information content (AvgIpc) is 2.81. The van der Waals surface area contributed by atoms with Gasteiger partial charge in [0.15, 0.2) is 5.88 Å². The number of aromatic carboxylic acids is 1. The minimum atomic E-state index is -1.07. The maximum Gasteiger partial charge on any atom is 0.371 e. The molecule has 0 fully saturated rings. The van der Waals surface area contributed by atoms with E-state index in [1.54, 1.807) is 6.07 Å². The molecule has 2 aromatic rings. The van der Waals surface area contributed by atoms with Crippen LogP contribution >= 0.6 is 0 Å². The number of carboxylic acids is 1. The topological polar surface area (TPSA) is 62.5 Å². The summed E-state index contributed by atoms with van der Waals surface area (Å²) in [6, 6.07) is 11.0. The lowest BCUT2D eigenvalue weighted by Crippen LogP contribution is -1.92. The lowest BCUT2D eigenvalue weighted by molar-refractivity contribution is 0.0663. The van der Waals surface area contributed by atoms with Crippen LogP contribution in [-0.4, -0.2) is 11.1 Å². The summed E-state index contributed by atoms with van der Waals surface area (Å²) in [6.45, 7) is 2.14. The van der Waals surface area contributed by atoms with E-state index in [2.05, 4.69) is 12.2 Å². The van der Waals surface area contributed by atoms with Gasteiger partial charge in [0, 0.05) is 11.8 Å². The van der Waals surface area contributed by atoms with Crippen molar-refractivity contribution < 1.29 is 14.3 Å². The number of benzene rings is 1. The highest BCUT2D eigenvalue weighted by Crippen LogP contribution is 2.20. The molecule has 0 saturated heterocycles. The van der Waals surface area contributed by atoms with Crippen molar-refractivity contribution in [1.82, 2.24) is 0 Å². The van der Waals surface area contributed by atoms with Crippen LogP contribution in [0, 0.1) is 0 Å². The quantitative estimate of drug-likeness (QED) is 0.843. The Morgan fingerprint density at radius 1 is 1.22 bits per heavy atom. The number of anilines is 2. The number of carbonyl (C=O) groups is 1. The molecule has 1 heterocycles. The molecule has 4 heteroatoms. The Hall–Kier alpha value is -2.23. The van der Waals surface area contributed by atoms with Crippen LogP contribution in [0.3, 0.4) is 0 Å². The van der Waals surface area contributed by atoms with Gasteiger partial charge in [-0.2, -0.15) is 0 Å². The van der Waals surface area contributed by atoms with Crippen molar-refractivity contribution >= 4 is 17.5 Å². The third-order valence-electron chi connectivity index (χ3n) is 2.58. The van der Waals surface area contributed by atoms with Gasteiger partial charge >= 0.3 is 5.97 Å². The van der Waals surface area contributed by atoms with Gasteiger partial charge in [0.1, 0.15) is 0 Å². The standard InChI is InChI=1S/C14H15NO3/c1-2-3-10-4-6-11(7-5-10)15-13-9-8-12(18-13)14(16)17/h4-9,15H,2-3H2,1H3,(H,16,17). The van der Waals surface area contributed by atoms with Crippen LogP contribution < -0.4 is 5.32 Å². The van der Waals surface area contributed by atoms with Gasteiger partial charge in [0.05, 0.1) is 0 Å². The van der Waals surface area contributed by atoms with Crippen LogP contribution in [0.4, 0.5) is 11.6 Å². The Labute approximate surface area is 105 Å². The van der Waals surface area contributed by atoms with Gasteiger partial charge in [-0.25, -0.2) is 4.79 Å². The lowest BCUT2D eigenvalue weighted by Gasteiger charge is -2.04. The van der Waals surface area contributed by atoms with Gasteiger partial charge in [-0.1, -0.05) is 25.5 Å². The maximum atomic E-state index is 10.7. The van der Waals surface area contributed by atoms with Gasteiger partial charge in [-0.3, -0.25) is 0 Å². The number of carboxylic acid groups (broad SMARTS) is 1. The normalized spacial score (nSPS) is 10.3. The van der Waals surface area contributed by atoms with Crippen molar-refractivity contribution in [3.05, 3.63) is 47.7 Å². The number of hydrogen-bond donors (Lipinski definition) is 2. The second-order valence-electron chi connectivity index (χ2n) is 4.04. The fourth-order valence-electron chi connectivity index (χ4n) is 1.71. The first kappa shape index (κ1) is 12.2. The molecule has 0 atom stereocenters. The predicted octanol–water partition coefficient (Wildman–Crippen LogP) is 3.67. The molecule has 0 aliphatic heterocycles. The van der Waals surface area contributed by atoms with E-state index < -0.39 is 5.97 Å². The van der Waals surface area contributed by atoms with Crippen LogP contribution in [0.2, 0.25) is 0 Å². The molecule has 1 aromatic heterocycles. The number of rotatable bonds is 5. The molecule has 18 heavy (non-hydrogen) atoms. The van der Waals surface area contributed by atoms with E-state index in [-0.39, 0.29) is 5.76 Å². The molecular formula is C14H15NO3. The summed E-state index contributed by atoms with van der Waals surface area (Å²) in [4.78, 5) is 10.7. The SMILES string of the molecule is CCCc1ccc(Nc2ccc(C(=O)O)o2)cc1. The zero-order valence-electron chi connectivity index (χ0n) is 10.1. The van der Waals surface area contributed by atoms with Crippen molar-refractivity contribution in [3.63, 3.8) is 0 Å². The largest absolute Gasteiger partial charge is 0.475 e. The van der Waals surface area contributed by atoms with Gasteiger partial charge in [-0.05, 0) is 30.2 Å². The van der Waals surface area contributed by atoms with E-state index in [0.717, 1.165) is 18.5 Å². The molecule has 0 aliphatic carbocycles. The number of aryl methyl sites for hydroxylation is 1. The Morgan fingerprint density at radius 3 is 2.50 bits per heavy atom. The number of hydrogen-bond acceptors (Lipinski definition) is 3. The van der Waals surface area contributed by atoms with Crippen LogP contribution in [0.25, 0.3) is 0 Å². The number of furan rings is 1. The summed E-state index contributed by atoms with van der Waals surface area (Å²) in [5.41, 5.74) is 2.16. The zero-order chi connectivity index (χ0) is 13.0. The monoisotopic (exact) mass is 245 g/mol. The van der Waals surface area contributed by atoms with Gasteiger partial charge in [0.25, 0.3) is 0 Å². The third kappa shape index (κ3) is 2.91. The fourth-order valence-corrected chi connectivity index (χ4v) is 1.71. The van der Waals surface area contributed by atoms with E-state index in [4.69, 9.17) is 9.52 Å². The second-order valence-corrected chi connectivity index (χ2v) is 4.04. The predicted molar refractivity (Wildman–Crippen MR) is 69.4 cm³/mol. The molecular weight excluding hydrogens is 230 g/mol. The minimum Gasteiger partial charge on any atom is -0.475 e. The molecule has 0 bridgehead atoms. The molecule has 0 spiro atoms.